The van der Waals surface area contributed by atoms with Gasteiger partial charge < -0.3 is 10.3 Å². The SMILES string of the molecule is Cc1ccc(-c2csc3nc(SCC(=O)Nc4cc(C(F)(F)F)ccc4Cl)[nH]c(=O)c23)cc1. The molecule has 2 N–H and O–H groups in total. The zero-order valence-electron chi connectivity index (χ0n) is 16.9. The van der Waals surface area contributed by atoms with E-state index in [1.54, 1.807) is 0 Å². The minimum atomic E-state index is -4.56. The Morgan fingerprint density at radius 1 is 1.21 bits per heavy atom. The zero-order valence-corrected chi connectivity index (χ0v) is 19.3. The Kier molecular flexibility index (Phi) is 6.51. The van der Waals surface area contributed by atoms with Gasteiger partial charge in [-0.25, -0.2) is 4.98 Å². The molecule has 5 nitrogen and oxygen atoms in total. The normalized spacial score (nSPS) is 11.7. The molecule has 0 aliphatic rings. The molecule has 0 fully saturated rings. The third-order valence-electron chi connectivity index (χ3n) is 4.69. The second-order valence-corrected chi connectivity index (χ2v) is 9.33. The molecule has 1 amide bonds. The van der Waals surface area contributed by atoms with Gasteiger partial charge in [0.2, 0.25) is 5.91 Å². The molecular weight excluding hydrogens is 495 g/mol. The second-order valence-electron chi connectivity index (χ2n) is 7.10. The Bertz CT molecular complexity index is 1400. The summed E-state index contributed by atoms with van der Waals surface area (Å²) in [5.41, 5.74) is 1.38. The van der Waals surface area contributed by atoms with E-state index in [4.69, 9.17) is 11.6 Å². The predicted molar refractivity (Wildman–Crippen MR) is 126 cm³/mol. The molecule has 0 spiro atoms. The molecule has 0 radical (unpaired) electrons. The summed E-state index contributed by atoms with van der Waals surface area (Å²) in [5, 5.41) is 4.90. The molecule has 0 bridgehead atoms. The van der Waals surface area contributed by atoms with E-state index in [2.05, 4.69) is 15.3 Å². The number of aryl methyl sites for hydroxylation is 1. The lowest BCUT2D eigenvalue weighted by Gasteiger charge is -2.11. The van der Waals surface area contributed by atoms with E-state index in [9.17, 15) is 22.8 Å². The fraction of sp³-hybridized carbons (Fsp3) is 0.136. The van der Waals surface area contributed by atoms with Crippen molar-refractivity contribution in [3.8, 4) is 11.1 Å². The number of benzene rings is 2. The van der Waals surface area contributed by atoms with Crippen LogP contribution in [-0.4, -0.2) is 21.6 Å². The van der Waals surface area contributed by atoms with Crippen molar-refractivity contribution >= 4 is 56.5 Å². The number of halogens is 4. The van der Waals surface area contributed by atoms with Crippen LogP contribution in [0.15, 0.2) is 57.8 Å². The highest BCUT2D eigenvalue weighted by atomic mass is 35.5. The van der Waals surface area contributed by atoms with E-state index < -0.39 is 17.6 Å². The Hall–Kier alpha value is -2.82. The lowest BCUT2D eigenvalue weighted by Crippen LogP contribution is -2.16. The van der Waals surface area contributed by atoms with Crippen molar-refractivity contribution in [1.29, 1.82) is 0 Å². The van der Waals surface area contributed by atoms with Crippen LogP contribution in [0.2, 0.25) is 5.02 Å². The molecule has 0 atom stereocenters. The van der Waals surface area contributed by atoms with E-state index >= 15 is 0 Å². The third-order valence-corrected chi connectivity index (χ3v) is 6.77. The van der Waals surface area contributed by atoms with Gasteiger partial charge in [-0.05, 0) is 30.7 Å². The number of fused-ring (bicyclic) bond motifs is 1. The fourth-order valence-corrected chi connectivity index (χ4v) is 4.89. The molecule has 33 heavy (non-hydrogen) atoms. The highest BCUT2D eigenvalue weighted by Gasteiger charge is 2.31. The maximum Gasteiger partial charge on any atom is 0.416 e. The van der Waals surface area contributed by atoms with Crippen LogP contribution in [0, 0.1) is 6.92 Å². The lowest BCUT2D eigenvalue weighted by atomic mass is 10.1. The molecule has 0 aliphatic carbocycles. The second kappa shape index (κ2) is 9.20. The Morgan fingerprint density at radius 2 is 1.94 bits per heavy atom. The molecule has 170 valence electrons. The number of rotatable bonds is 5. The predicted octanol–water partition coefficient (Wildman–Crippen LogP) is 6.36. The van der Waals surface area contributed by atoms with E-state index in [-0.39, 0.29) is 27.2 Å². The van der Waals surface area contributed by atoms with E-state index in [1.165, 1.54) is 11.3 Å². The number of H-pyrrole nitrogens is 1. The fourth-order valence-electron chi connectivity index (χ4n) is 3.06. The van der Waals surface area contributed by atoms with Crippen molar-refractivity contribution in [2.24, 2.45) is 0 Å². The molecular formula is C22H15ClF3N3O2S2. The first-order valence-corrected chi connectivity index (χ1v) is 11.7. The number of hydrogen-bond donors (Lipinski definition) is 2. The molecule has 0 saturated heterocycles. The number of aromatic nitrogens is 2. The minimum Gasteiger partial charge on any atom is -0.324 e. The lowest BCUT2D eigenvalue weighted by molar-refractivity contribution is -0.137. The molecule has 11 heteroatoms. The number of thiophene rings is 1. The van der Waals surface area contributed by atoms with Gasteiger partial charge in [0.15, 0.2) is 5.16 Å². The van der Waals surface area contributed by atoms with Crippen molar-refractivity contribution in [3.63, 3.8) is 0 Å². The van der Waals surface area contributed by atoms with Crippen molar-refractivity contribution < 1.29 is 18.0 Å². The maximum atomic E-state index is 12.9. The number of amides is 1. The average molecular weight is 510 g/mol. The number of alkyl halides is 3. The topological polar surface area (TPSA) is 74.8 Å². The first kappa shape index (κ1) is 23.3. The van der Waals surface area contributed by atoms with Gasteiger partial charge in [0.25, 0.3) is 5.56 Å². The van der Waals surface area contributed by atoms with Crippen molar-refractivity contribution in [2.75, 3.05) is 11.1 Å². The van der Waals surface area contributed by atoms with Gasteiger partial charge in [0.05, 0.1) is 27.4 Å². The van der Waals surface area contributed by atoms with Crippen LogP contribution >= 0.6 is 34.7 Å². The van der Waals surface area contributed by atoms with Crippen LogP contribution < -0.4 is 10.9 Å². The molecule has 0 unspecified atom stereocenters. The maximum absolute atomic E-state index is 12.9. The van der Waals surface area contributed by atoms with Gasteiger partial charge in [0, 0.05) is 10.9 Å². The third kappa shape index (κ3) is 5.23. The highest BCUT2D eigenvalue weighted by molar-refractivity contribution is 7.99. The molecule has 4 rings (SSSR count). The van der Waals surface area contributed by atoms with E-state index in [1.807, 2.05) is 36.6 Å². The zero-order chi connectivity index (χ0) is 23.8. The summed E-state index contributed by atoms with van der Waals surface area (Å²) in [6, 6.07) is 10.5. The van der Waals surface area contributed by atoms with Crippen molar-refractivity contribution in [1.82, 2.24) is 9.97 Å². The summed E-state index contributed by atoms with van der Waals surface area (Å²) in [5.74, 6) is -0.771. The van der Waals surface area contributed by atoms with Gasteiger partial charge in [-0.2, -0.15) is 13.2 Å². The number of hydrogen-bond acceptors (Lipinski definition) is 5. The van der Waals surface area contributed by atoms with Crippen LogP contribution in [-0.2, 0) is 11.0 Å². The van der Waals surface area contributed by atoms with Gasteiger partial charge in [-0.3, -0.25) is 9.59 Å². The number of aromatic amines is 1. The largest absolute Gasteiger partial charge is 0.416 e. The standard InChI is InChI=1S/C22H15ClF3N3O2S2/c1-11-2-4-12(5-3-11)14-9-32-20-18(14)19(31)28-21(29-20)33-10-17(30)27-16-8-13(22(24,25)26)6-7-15(16)23/h2-9H,10H2,1H3,(H,27,30)(H,28,29,31). The molecule has 4 aromatic rings. The van der Waals surface area contributed by atoms with Gasteiger partial charge in [-0.1, -0.05) is 53.2 Å². The van der Waals surface area contributed by atoms with Crippen LogP contribution in [0.4, 0.5) is 18.9 Å². The highest BCUT2D eigenvalue weighted by Crippen LogP contribution is 2.34. The first-order valence-electron chi connectivity index (χ1n) is 9.50. The number of anilines is 1. The summed E-state index contributed by atoms with van der Waals surface area (Å²) < 4.78 is 38.7. The Balaban J connectivity index is 1.49. The first-order chi connectivity index (χ1) is 15.6. The Labute approximate surface area is 199 Å². The van der Waals surface area contributed by atoms with Crippen LogP contribution in [0.3, 0.4) is 0 Å². The summed E-state index contributed by atoms with van der Waals surface area (Å²) >= 11 is 8.18. The summed E-state index contributed by atoms with van der Waals surface area (Å²) in [6.45, 7) is 1.98. The van der Waals surface area contributed by atoms with Gasteiger partial charge in [0.1, 0.15) is 4.83 Å². The van der Waals surface area contributed by atoms with Crippen LogP contribution in [0.5, 0.6) is 0 Å². The van der Waals surface area contributed by atoms with Gasteiger partial charge in [-0.15, -0.1) is 11.3 Å². The summed E-state index contributed by atoms with van der Waals surface area (Å²) in [6.07, 6.45) is -4.56. The van der Waals surface area contributed by atoms with Crippen LogP contribution in [0.1, 0.15) is 11.1 Å². The number of carbonyl (C=O) groups excluding carboxylic acids is 1. The quantitative estimate of drug-likeness (QED) is 0.242. The van der Waals surface area contributed by atoms with Crippen LogP contribution in [0.25, 0.3) is 21.3 Å². The molecule has 2 aromatic heterocycles. The average Bonchev–Trinajstić information content (AvgIpc) is 3.18. The Morgan fingerprint density at radius 3 is 2.64 bits per heavy atom. The van der Waals surface area contributed by atoms with Gasteiger partial charge >= 0.3 is 6.18 Å². The monoisotopic (exact) mass is 509 g/mol. The van der Waals surface area contributed by atoms with Crippen molar-refractivity contribution in [2.45, 2.75) is 18.3 Å². The molecule has 2 aromatic carbocycles. The minimum absolute atomic E-state index is 0.0171. The number of nitrogens with zero attached hydrogens (tertiary/aromatic N) is 1. The molecule has 2 heterocycles. The van der Waals surface area contributed by atoms with Crippen molar-refractivity contribution in [3.05, 3.63) is 74.3 Å². The molecule has 0 aliphatic heterocycles. The molecule has 0 saturated carbocycles. The summed E-state index contributed by atoms with van der Waals surface area (Å²) in [4.78, 5) is 32.6. The summed E-state index contributed by atoms with van der Waals surface area (Å²) in [7, 11) is 0. The van der Waals surface area contributed by atoms with E-state index in [0.29, 0.717) is 10.2 Å². The smallest absolute Gasteiger partial charge is 0.324 e. The number of nitrogens with one attached hydrogen (secondary N) is 2. The van der Waals surface area contributed by atoms with E-state index in [0.717, 1.165) is 46.7 Å². The number of thioether (sulfide) groups is 1. The number of carbonyl (C=O) groups is 1.